The lowest BCUT2D eigenvalue weighted by Gasteiger charge is -2.14. The fraction of sp³-hybridized carbons (Fsp3) is 0.267. The van der Waals surface area contributed by atoms with Gasteiger partial charge in [0.1, 0.15) is 12.6 Å². The number of aromatic nitrogens is 2. The monoisotopic (exact) mass is 287 g/mol. The summed E-state index contributed by atoms with van der Waals surface area (Å²) in [6, 6.07) is 10.4. The highest BCUT2D eigenvalue weighted by Gasteiger charge is 2.19. The quantitative estimate of drug-likeness (QED) is 0.798. The molecule has 2 aromatic rings. The number of hydrogen-bond acceptors (Lipinski definition) is 3. The van der Waals surface area contributed by atoms with Crippen molar-refractivity contribution in [3.05, 3.63) is 54.4 Å². The Morgan fingerprint density at radius 3 is 2.62 bits per heavy atom. The Labute approximate surface area is 122 Å². The van der Waals surface area contributed by atoms with Crippen LogP contribution >= 0.6 is 0 Å². The van der Waals surface area contributed by atoms with Crippen molar-refractivity contribution >= 4 is 11.9 Å². The van der Waals surface area contributed by atoms with Crippen LogP contribution in [-0.2, 0) is 22.6 Å². The van der Waals surface area contributed by atoms with Gasteiger partial charge in [-0.1, -0.05) is 30.3 Å². The number of carbonyl (C=O) groups is 2. The summed E-state index contributed by atoms with van der Waals surface area (Å²) in [5.74, 6) is -1.39. The minimum absolute atomic E-state index is 0.0160. The SMILES string of the molecule is O=C(Cn1cccn1)NC(CCc1ccccc1)C(=O)O. The Morgan fingerprint density at radius 1 is 1.24 bits per heavy atom. The molecule has 2 rings (SSSR count). The molecule has 110 valence electrons. The molecule has 0 fully saturated rings. The summed E-state index contributed by atoms with van der Waals surface area (Å²) in [5.41, 5.74) is 1.05. The second-order valence-electron chi connectivity index (χ2n) is 4.69. The molecule has 0 saturated carbocycles. The highest BCUT2D eigenvalue weighted by molar-refractivity contribution is 5.83. The highest BCUT2D eigenvalue weighted by Crippen LogP contribution is 2.05. The smallest absolute Gasteiger partial charge is 0.326 e. The van der Waals surface area contributed by atoms with Crippen molar-refractivity contribution in [3.8, 4) is 0 Å². The molecule has 2 N–H and O–H groups in total. The summed E-state index contributed by atoms with van der Waals surface area (Å²) in [6.07, 6.45) is 4.17. The molecule has 0 spiro atoms. The number of carboxylic acids is 1. The van der Waals surface area contributed by atoms with Gasteiger partial charge in [0, 0.05) is 12.4 Å². The van der Waals surface area contributed by atoms with Gasteiger partial charge in [0.2, 0.25) is 5.91 Å². The Hall–Kier alpha value is -2.63. The molecule has 1 aromatic carbocycles. The number of carbonyl (C=O) groups excluding carboxylic acids is 1. The van der Waals surface area contributed by atoms with Crippen molar-refractivity contribution in [2.45, 2.75) is 25.4 Å². The molecule has 21 heavy (non-hydrogen) atoms. The van der Waals surface area contributed by atoms with Gasteiger partial charge in [-0.05, 0) is 24.5 Å². The zero-order chi connectivity index (χ0) is 15.1. The van der Waals surface area contributed by atoms with Crippen LogP contribution in [0.25, 0.3) is 0 Å². The summed E-state index contributed by atoms with van der Waals surface area (Å²) in [5, 5.41) is 15.6. The molecule has 6 heteroatoms. The van der Waals surface area contributed by atoms with Crippen LogP contribution in [0.2, 0.25) is 0 Å². The molecular formula is C15H17N3O3. The molecule has 0 aliphatic rings. The van der Waals surface area contributed by atoms with E-state index in [0.717, 1.165) is 5.56 Å². The van der Waals surface area contributed by atoms with Gasteiger partial charge < -0.3 is 10.4 Å². The van der Waals surface area contributed by atoms with Gasteiger partial charge in [-0.3, -0.25) is 9.48 Å². The van der Waals surface area contributed by atoms with Gasteiger partial charge in [0.05, 0.1) is 0 Å². The van der Waals surface area contributed by atoms with E-state index >= 15 is 0 Å². The van der Waals surface area contributed by atoms with E-state index in [4.69, 9.17) is 0 Å². The number of aryl methyl sites for hydroxylation is 1. The number of carboxylic acid groups (broad SMARTS) is 1. The van der Waals surface area contributed by atoms with Crippen molar-refractivity contribution in [1.29, 1.82) is 0 Å². The summed E-state index contributed by atoms with van der Waals surface area (Å²) in [4.78, 5) is 23.0. The Bertz CT molecular complexity index is 581. The van der Waals surface area contributed by atoms with Crippen LogP contribution in [0.3, 0.4) is 0 Å². The lowest BCUT2D eigenvalue weighted by molar-refractivity contribution is -0.142. The molecule has 1 heterocycles. The average Bonchev–Trinajstić information content (AvgIpc) is 2.97. The van der Waals surface area contributed by atoms with Gasteiger partial charge in [-0.25, -0.2) is 4.79 Å². The third kappa shape index (κ3) is 4.76. The van der Waals surface area contributed by atoms with E-state index in [1.54, 1.807) is 18.5 Å². The van der Waals surface area contributed by atoms with Crippen LogP contribution in [0.4, 0.5) is 0 Å². The first-order valence-electron chi connectivity index (χ1n) is 6.68. The lowest BCUT2D eigenvalue weighted by Crippen LogP contribution is -2.42. The van der Waals surface area contributed by atoms with E-state index in [0.29, 0.717) is 12.8 Å². The number of nitrogens with one attached hydrogen (secondary N) is 1. The summed E-state index contributed by atoms with van der Waals surface area (Å²) in [6.45, 7) is 0.0160. The fourth-order valence-electron chi connectivity index (χ4n) is 1.99. The number of hydrogen-bond donors (Lipinski definition) is 2. The molecular weight excluding hydrogens is 270 g/mol. The maximum atomic E-state index is 11.8. The van der Waals surface area contributed by atoms with Crippen LogP contribution in [-0.4, -0.2) is 32.8 Å². The van der Waals surface area contributed by atoms with E-state index in [9.17, 15) is 14.7 Å². The largest absolute Gasteiger partial charge is 0.480 e. The first-order valence-corrected chi connectivity index (χ1v) is 6.68. The second-order valence-corrected chi connectivity index (χ2v) is 4.69. The standard InChI is InChI=1S/C15H17N3O3/c19-14(11-18-10-4-9-16-18)17-13(15(20)21)8-7-12-5-2-1-3-6-12/h1-6,9-10,13H,7-8,11H2,(H,17,19)(H,20,21). The molecule has 1 atom stereocenters. The predicted octanol–water partition coefficient (Wildman–Crippen LogP) is 1.09. The van der Waals surface area contributed by atoms with Gasteiger partial charge in [-0.2, -0.15) is 5.10 Å². The summed E-state index contributed by atoms with van der Waals surface area (Å²) >= 11 is 0. The average molecular weight is 287 g/mol. The molecule has 6 nitrogen and oxygen atoms in total. The van der Waals surface area contributed by atoms with Crippen molar-refractivity contribution in [2.75, 3.05) is 0 Å². The lowest BCUT2D eigenvalue weighted by atomic mass is 10.1. The van der Waals surface area contributed by atoms with Crippen molar-refractivity contribution in [1.82, 2.24) is 15.1 Å². The molecule has 0 aliphatic heterocycles. The first-order chi connectivity index (χ1) is 10.1. The Balaban J connectivity index is 1.87. The van der Waals surface area contributed by atoms with Crippen LogP contribution in [0.5, 0.6) is 0 Å². The number of aliphatic carboxylic acids is 1. The van der Waals surface area contributed by atoms with Crippen LogP contribution in [0.15, 0.2) is 48.8 Å². The van der Waals surface area contributed by atoms with Crippen molar-refractivity contribution in [3.63, 3.8) is 0 Å². The molecule has 0 radical (unpaired) electrons. The number of benzene rings is 1. The molecule has 0 aliphatic carbocycles. The third-order valence-electron chi connectivity index (χ3n) is 3.06. The van der Waals surface area contributed by atoms with Crippen molar-refractivity contribution < 1.29 is 14.7 Å². The van der Waals surface area contributed by atoms with Crippen LogP contribution in [0, 0.1) is 0 Å². The molecule has 0 saturated heterocycles. The van der Waals surface area contributed by atoms with E-state index in [1.807, 2.05) is 30.3 Å². The summed E-state index contributed by atoms with van der Waals surface area (Å²) in [7, 11) is 0. The van der Waals surface area contributed by atoms with Gasteiger partial charge in [0.25, 0.3) is 0 Å². The molecule has 0 bridgehead atoms. The molecule has 1 unspecified atom stereocenters. The maximum Gasteiger partial charge on any atom is 0.326 e. The fourth-order valence-corrected chi connectivity index (χ4v) is 1.99. The highest BCUT2D eigenvalue weighted by atomic mass is 16.4. The number of rotatable bonds is 7. The van der Waals surface area contributed by atoms with Gasteiger partial charge in [0.15, 0.2) is 0 Å². The van der Waals surface area contributed by atoms with Crippen molar-refractivity contribution in [2.24, 2.45) is 0 Å². The predicted molar refractivity (Wildman–Crippen MR) is 76.6 cm³/mol. The van der Waals surface area contributed by atoms with E-state index in [2.05, 4.69) is 10.4 Å². The zero-order valence-electron chi connectivity index (χ0n) is 11.5. The van der Waals surface area contributed by atoms with E-state index in [1.165, 1.54) is 4.68 Å². The Morgan fingerprint density at radius 2 is 2.00 bits per heavy atom. The minimum atomic E-state index is -1.03. The third-order valence-corrected chi connectivity index (χ3v) is 3.06. The van der Waals surface area contributed by atoms with Crippen LogP contribution in [0.1, 0.15) is 12.0 Å². The zero-order valence-corrected chi connectivity index (χ0v) is 11.5. The minimum Gasteiger partial charge on any atom is -0.480 e. The van der Waals surface area contributed by atoms with Gasteiger partial charge in [-0.15, -0.1) is 0 Å². The number of nitrogens with zero attached hydrogens (tertiary/aromatic N) is 2. The van der Waals surface area contributed by atoms with E-state index in [-0.39, 0.29) is 12.5 Å². The van der Waals surface area contributed by atoms with E-state index < -0.39 is 12.0 Å². The molecule has 1 amide bonds. The van der Waals surface area contributed by atoms with Gasteiger partial charge >= 0.3 is 5.97 Å². The second kappa shape index (κ2) is 7.23. The maximum absolute atomic E-state index is 11.8. The topological polar surface area (TPSA) is 84.2 Å². The number of amides is 1. The molecule has 1 aromatic heterocycles. The summed E-state index contributed by atoms with van der Waals surface area (Å²) < 4.78 is 1.45. The normalized spacial score (nSPS) is 11.8. The first kappa shape index (κ1) is 14.8. The van der Waals surface area contributed by atoms with Crippen LogP contribution < -0.4 is 5.32 Å². The Kier molecular flexibility index (Phi) is 5.09.